The van der Waals surface area contributed by atoms with Crippen molar-refractivity contribution >= 4 is 72.8 Å². The van der Waals surface area contributed by atoms with E-state index in [1.54, 1.807) is 0 Å². The molecule has 3 amide bonds. The number of hydrogen-bond acceptors (Lipinski definition) is 13. The zero-order chi connectivity index (χ0) is 52.7. The number of anilines is 3. The molecule has 1 saturated carbocycles. The fourth-order valence-electron chi connectivity index (χ4n) is 11.8. The molecular weight excluding hydrogens is 975 g/mol. The number of piperazine rings is 1. The van der Waals surface area contributed by atoms with Gasteiger partial charge in [-0.25, -0.2) is 14.8 Å². The fourth-order valence-corrected chi connectivity index (χ4v) is 12.6. The Balaban J connectivity index is 0.683. The maximum atomic E-state index is 14.0. The van der Waals surface area contributed by atoms with Crippen LogP contribution >= 0.6 is 11.3 Å². The third-order valence-corrected chi connectivity index (χ3v) is 16.6. The quantitative estimate of drug-likeness (QED) is 0.0831. The number of carbonyl (C=O) groups is 4. The molecule has 7 aromatic rings. The molecule has 16 heteroatoms. The summed E-state index contributed by atoms with van der Waals surface area (Å²) in [4.78, 5) is 69.2. The molecule has 3 aromatic heterocycles. The van der Waals surface area contributed by atoms with Crippen molar-refractivity contribution in [2.75, 3.05) is 54.4 Å². The molecule has 0 spiro atoms. The summed E-state index contributed by atoms with van der Waals surface area (Å²) in [7, 11) is 1.95. The molecular formula is C60H67N9O6S. The standard InChI is InChI=1S/C60H67N9O6S/c1-37-35-41(74-40-20-18-38(19-21-40)11-10-29-67-31-33-68(34-32-67)49-16-9-14-45-53(65-66(5)55(45)49)46-25-27-52(70)63-57(46)72)22-23-42(37)43-24-26-51(62-54(43)58(73)75-60(2,3)4)69-30-28-39-12-8-13-44(47(39)36-69)56(71)64-59-61-48-15-6-7-17-50(48)76-59/h6-9,12-17,22-24,26,35,38,40,46H,10-11,18-21,25,27-34,36H2,1-5H3,(H,61,64,71)(H,63,70,72). The average molecular weight is 1040 g/mol. The second-order valence-electron chi connectivity index (χ2n) is 22.0. The lowest BCUT2D eigenvalue weighted by molar-refractivity contribution is -0.134. The van der Waals surface area contributed by atoms with E-state index in [2.05, 4.69) is 61.5 Å². The summed E-state index contributed by atoms with van der Waals surface area (Å²) in [5.74, 6) is 0.593. The summed E-state index contributed by atoms with van der Waals surface area (Å²) < 4.78 is 15.5. The number of ether oxygens (including phenoxy) is 2. The number of carbonyl (C=O) groups excluding carboxylic acids is 4. The molecule has 3 fully saturated rings. The van der Waals surface area contributed by atoms with Gasteiger partial charge in [-0.05, 0) is 162 Å². The molecule has 6 heterocycles. The van der Waals surface area contributed by atoms with Gasteiger partial charge in [0.15, 0.2) is 10.8 Å². The number of rotatable bonds is 13. The highest BCUT2D eigenvalue weighted by Gasteiger charge is 2.34. The van der Waals surface area contributed by atoms with E-state index in [4.69, 9.17) is 19.6 Å². The molecule has 1 aliphatic carbocycles. The molecule has 4 aromatic carbocycles. The Hall–Kier alpha value is -7.17. The van der Waals surface area contributed by atoms with E-state index in [0.717, 1.165) is 125 Å². The number of aryl methyl sites for hydroxylation is 2. The number of imide groups is 1. The molecule has 15 nitrogen and oxygen atoms in total. The van der Waals surface area contributed by atoms with E-state index >= 15 is 0 Å². The first-order valence-corrected chi connectivity index (χ1v) is 27.8. The number of hydrogen-bond donors (Lipinski definition) is 2. The summed E-state index contributed by atoms with van der Waals surface area (Å²) in [6.07, 6.45) is 8.47. The van der Waals surface area contributed by atoms with Crippen LogP contribution in [-0.4, -0.2) is 99.3 Å². The highest BCUT2D eigenvalue weighted by molar-refractivity contribution is 7.22. The number of thiazole rings is 1. The van der Waals surface area contributed by atoms with Gasteiger partial charge in [-0.1, -0.05) is 53.8 Å². The zero-order valence-corrected chi connectivity index (χ0v) is 45.0. The Bertz CT molecular complexity index is 3310. The fraction of sp³-hybridized carbons (Fsp3) is 0.417. The zero-order valence-electron chi connectivity index (χ0n) is 44.2. The predicted molar refractivity (Wildman–Crippen MR) is 298 cm³/mol. The van der Waals surface area contributed by atoms with E-state index in [1.165, 1.54) is 24.2 Å². The maximum Gasteiger partial charge on any atom is 0.358 e. The summed E-state index contributed by atoms with van der Waals surface area (Å²) in [6, 6.07) is 30.1. The molecule has 1 atom stereocenters. The van der Waals surface area contributed by atoms with Crippen LogP contribution in [0.5, 0.6) is 5.75 Å². The lowest BCUT2D eigenvalue weighted by Crippen LogP contribution is -2.46. The number of piperidine rings is 1. The first kappa shape index (κ1) is 51.0. The van der Waals surface area contributed by atoms with Crippen LogP contribution in [0, 0.1) is 12.8 Å². The number of aromatic nitrogens is 4. The molecule has 0 radical (unpaired) electrons. The normalized spacial score (nSPS) is 19.4. The Morgan fingerprint density at radius 1 is 0.829 bits per heavy atom. The summed E-state index contributed by atoms with van der Waals surface area (Å²) in [6.45, 7) is 13.7. The van der Waals surface area contributed by atoms with Crippen molar-refractivity contribution in [1.82, 2.24) is 30.0 Å². The first-order chi connectivity index (χ1) is 36.7. The van der Waals surface area contributed by atoms with Crippen LogP contribution in [0.3, 0.4) is 0 Å². The van der Waals surface area contributed by atoms with Gasteiger partial charge in [0.2, 0.25) is 11.8 Å². The molecule has 2 N–H and O–H groups in total. The summed E-state index contributed by atoms with van der Waals surface area (Å²) in [5, 5.41) is 11.9. The minimum atomic E-state index is -0.724. The maximum absolute atomic E-state index is 14.0. The monoisotopic (exact) mass is 1040 g/mol. The van der Waals surface area contributed by atoms with Crippen LogP contribution in [0.1, 0.15) is 121 Å². The van der Waals surface area contributed by atoms with Gasteiger partial charge in [0, 0.05) is 69.3 Å². The van der Waals surface area contributed by atoms with Crippen molar-refractivity contribution in [3.8, 4) is 16.9 Å². The van der Waals surface area contributed by atoms with Gasteiger partial charge in [0.25, 0.3) is 5.91 Å². The van der Waals surface area contributed by atoms with Gasteiger partial charge in [-0.3, -0.25) is 34.6 Å². The van der Waals surface area contributed by atoms with Crippen LogP contribution in [-0.2, 0) is 34.3 Å². The van der Waals surface area contributed by atoms with Crippen LogP contribution in [0.15, 0.2) is 91.0 Å². The number of nitrogens with one attached hydrogen (secondary N) is 2. The van der Waals surface area contributed by atoms with Crippen molar-refractivity contribution < 1.29 is 28.7 Å². The van der Waals surface area contributed by atoms with Crippen molar-refractivity contribution in [2.24, 2.45) is 13.0 Å². The average Bonchev–Trinajstić information content (AvgIpc) is 4.02. The number of para-hydroxylation sites is 2. The molecule has 394 valence electrons. The van der Waals surface area contributed by atoms with Crippen LogP contribution in [0.25, 0.3) is 32.2 Å². The summed E-state index contributed by atoms with van der Waals surface area (Å²) in [5.41, 5.74) is 8.53. The SMILES string of the molecule is Cc1cc(OC2CCC(CCCN3CCN(c4cccc5c(C6CCC(=O)NC6=O)nn(C)c45)CC3)CC2)ccc1-c1ccc(N2CCc3cccc(C(=O)Nc4nc5ccccc5s4)c3C2)nc1C(=O)OC(C)(C)C. The number of esters is 1. The molecule has 0 bridgehead atoms. The molecule has 11 rings (SSSR count). The van der Waals surface area contributed by atoms with Crippen molar-refractivity contribution in [3.63, 3.8) is 0 Å². The van der Waals surface area contributed by atoms with Crippen LogP contribution < -0.4 is 25.2 Å². The molecule has 2 saturated heterocycles. The lowest BCUT2D eigenvalue weighted by atomic mass is 9.84. The molecule has 76 heavy (non-hydrogen) atoms. The summed E-state index contributed by atoms with van der Waals surface area (Å²) >= 11 is 1.45. The number of benzene rings is 4. The topological polar surface area (TPSA) is 164 Å². The molecule has 4 aliphatic rings. The Morgan fingerprint density at radius 3 is 2.39 bits per heavy atom. The van der Waals surface area contributed by atoms with E-state index in [9.17, 15) is 19.2 Å². The van der Waals surface area contributed by atoms with Crippen LogP contribution in [0.4, 0.5) is 16.6 Å². The predicted octanol–water partition coefficient (Wildman–Crippen LogP) is 10.4. The van der Waals surface area contributed by atoms with E-state index < -0.39 is 17.5 Å². The van der Waals surface area contributed by atoms with Gasteiger partial charge < -0.3 is 19.3 Å². The largest absolute Gasteiger partial charge is 0.490 e. The van der Waals surface area contributed by atoms with Gasteiger partial charge in [0.05, 0.1) is 39.1 Å². The Labute approximate surface area is 448 Å². The van der Waals surface area contributed by atoms with Gasteiger partial charge in [-0.2, -0.15) is 5.10 Å². The number of nitrogens with zero attached hydrogens (tertiary/aromatic N) is 7. The first-order valence-electron chi connectivity index (χ1n) is 27.0. The molecule has 3 aliphatic heterocycles. The van der Waals surface area contributed by atoms with Crippen molar-refractivity contribution in [2.45, 2.75) is 110 Å². The third kappa shape index (κ3) is 10.9. The van der Waals surface area contributed by atoms with E-state index in [0.29, 0.717) is 53.9 Å². The Morgan fingerprint density at radius 2 is 1.62 bits per heavy atom. The van der Waals surface area contributed by atoms with Gasteiger partial charge in [-0.15, -0.1) is 0 Å². The number of pyridine rings is 1. The number of amides is 3. The Kier molecular flexibility index (Phi) is 14.4. The number of fused-ring (bicyclic) bond motifs is 3. The second-order valence-corrected chi connectivity index (χ2v) is 23.0. The van der Waals surface area contributed by atoms with Gasteiger partial charge >= 0.3 is 5.97 Å². The van der Waals surface area contributed by atoms with Gasteiger partial charge in [0.1, 0.15) is 17.2 Å². The third-order valence-electron chi connectivity index (χ3n) is 15.7. The highest BCUT2D eigenvalue weighted by Crippen LogP contribution is 2.38. The second kappa shape index (κ2) is 21.5. The molecule has 1 unspecified atom stereocenters. The highest BCUT2D eigenvalue weighted by atomic mass is 32.1. The minimum Gasteiger partial charge on any atom is -0.490 e. The van der Waals surface area contributed by atoms with Crippen molar-refractivity contribution in [3.05, 3.63) is 125 Å². The lowest BCUT2D eigenvalue weighted by Gasteiger charge is -2.37. The van der Waals surface area contributed by atoms with E-state index in [-0.39, 0.29) is 29.5 Å². The smallest absolute Gasteiger partial charge is 0.358 e. The van der Waals surface area contributed by atoms with E-state index in [1.807, 2.05) is 99.2 Å². The van der Waals surface area contributed by atoms with Crippen molar-refractivity contribution in [1.29, 1.82) is 0 Å². The minimum absolute atomic E-state index is 0.158. The van der Waals surface area contributed by atoms with Crippen LogP contribution in [0.2, 0.25) is 0 Å².